The van der Waals surface area contributed by atoms with Crippen molar-refractivity contribution in [1.29, 1.82) is 0 Å². The minimum Gasteiger partial charge on any atom is -0.497 e. The molecule has 0 saturated carbocycles. The Hall–Kier alpha value is -3.15. The third-order valence-electron chi connectivity index (χ3n) is 5.57. The summed E-state index contributed by atoms with van der Waals surface area (Å²) in [5.41, 5.74) is 3.58. The van der Waals surface area contributed by atoms with Crippen molar-refractivity contribution < 1.29 is 13.9 Å². The standard InChI is InChI=1S/C24H26FN3O2/c1-24(2)13-21(27-23(29)11-16-6-4-9-19(10-16)30-3)20-15-26-28(22(20)14-24)18-8-5-7-17(25)12-18/h4-10,12,15,21H,11,13-14H2,1-3H3,(H,27,29)/t21-/m1/s1. The molecule has 5 nitrogen and oxygen atoms in total. The number of fused-ring (bicyclic) bond motifs is 1. The van der Waals surface area contributed by atoms with E-state index in [9.17, 15) is 9.18 Å². The SMILES string of the molecule is COc1cccc(CC(=O)N[C@@H]2CC(C)(C)Cc3c2cnn3-c2cccc(F)c2)c1. The predicted octanol–water partition coefficient (Wildman–Crippen LogP) is 4.39. The summed E-state index contributed by atoms with van der Waals surface area (Å²) in [6.07, 6.45) is 3.70. The second-order valence-electron chi connectivity index (χ2n) is 8.63. The predicted molar refractivity (Wildman–Crippen MR) is 113 cm³/mol. The van der Waals surface area contributed by atoms with E-state index in [4.69, 9.17) is 4.74 Å². The summed E-state index contributed by atoms with van der Waals surface area (Å²) in [7, 11) is 1.61. The van der Waals surface area contributed by atoms with Crippen LogP contribution in [0, 0.1) is 11.2 Å². The number of hydrogen-bond donors (Lipinski definition) is 1. The first kappa shape index (κ1) is 20.1. The largest absolute Gasteiger partial charge is 0.497 e. The lowest BCUT2D eigenvalue weighted by molar-refractivity contribution is -0.121. The summed E-state index contributed by atoms with van der Waals surface area (Å²) < 4.78 is 20.8. The molecule has 156 valence electrons. The first-order chi connectivity index (χ1) is 14.3. The van der Waals surface area contributed by atoms with Crippen LogP contribution in [-0.4, -0.2) is 22.8 Å². The zero-order chi connectivity index (χ0) is 21.3. The van der Waals surface area contributed by atoms with Gasteiger partial charge in [-0.1, -0.05) is 32.0 Å². The van der Waals surface area contributed by atoms with Crippen molar-refractivity contribution in [3.05, 3.63) is 77.4 Å². The quantitative estimate of drug-likeness (QED) is 0.682. The number of ether oxygens (including phenoxy) is 1. The van der Waals surface area contributed by atoms with E-state index in [0.717, 1.165) is 35.4 Å². The van der Waals surface area contributed by atoms with Gasteiger partial charge in [-0.25, -0.2) is 9.07 Å². The Morgan fingerprint density at radius 2 is 2.07 bits per heavy atom. The van der Waals surface area contributed by atoms with Gasteiger partial charge in [0.05, 0.1) is 37.2 Å². The molecule has 4 rings (SSSR count). The molecule has 0 saturated heterocycles. The Labute approximate surface area is 175 Å². The number of hydrogen-bond acceptors (Lipinski definition) is 3. The Kier molecular flexibility index (Phi) is 5.33. The lowest BCUT2D eigenvalue weighted by Crippen LogP contribution is -2.37. The van der Waals surface area contributed by atoms with Crippen molar-refractivity contribution >= 4 is 5.91 Å². The highest BCUT2D eigenvalue weighted by Crippen LogP contribution is 2.41. The molecule has 0 spiro atoms. The molecule has 1 N–H and O–H groups in total. The van der Waals surface area contributed by atoms with Crippen LogP contribution in [0.3, 0.4) is 0 Å². The molecule has 6 heteroatoms. The molecule has 3 aromatic rings. The first-order valence-corrected chi connectivity index (χ1v) is 10.1. The number of nitrogens with one attached hydrogen (secondary N) is 1. The van der Waals surface area contributed by atoms with Crippen LogP contribution in [0.25, 0.3) is 5.69 Å². The van der Waals surface area contributed by atoms with Gasteiger partial charge in [-0.05, 0) is 54.2 Å². The first-order valence-electron chi connectivity index (χ1n) is 10.1. The van der Waals surface area contributed by atoms with Crippen molar-refractivity contribution in [3.63, 3.8) is 0 Å². The Balaban J connectivity index is 1.58. The van der Waals surface area contributed by atoms with Crippen LogP contribution in [0.2, 0.25) is 0 Å². The Morgan fingerprint density at radius 1 is 1.27 bits per heavy atom. The molecule has 1 aliphatic rings. The average molecular weight is 407 g/mol. The van der Waals surface area contributed by atoms with E-state index in [-0.39, 0.29) is 29.6 Å². The number of aromatic nitrogens is 2. The number of rotatable bonds is 5. The highest BCUT2D eigenvalue weighted by Gasteiger charge is 2.36. The zero-order valence-electron chi connectivity index (χ0n) is 17.5. The molecule has 1 aliphatic carbocycles. The minimum absolute atomic E-state index is 0.0218. The third-order valence-corrected chi connectivity index (χ3v) is 5.57. The summed E-state index contributed by atoms with van der Waals surface area (Å²) in [5, 5.41) is 7.71. The van der Waals surface area contributed by atoms with E-state index in [1.807, 2.05) is 30.3 Å². The fourth-order valence-electron chi connectivity index (χ4n) is 4.21. The second kappa shape index (κ2) is 7.94. The number of methoxy groups -OCH3 is 1. The molecule has 0 aliphatic heterocycles. The fourth-order valence-corrected chi connectivity index (χ4v) is 4.21. The molecule has 1 heterocycles. The van der Waals surface area contributed by atoms with Gasteiger partial charge < -0.3 is 10.1 Å². The van der Waals surface area contributed by atoms with Crippen molar-refractivity contribution in [3.8, 4) is 11.4 Å². The second-order valence-corrected chi connectivity index (χ2v) is 8.63. The lowest BCUT2D eigenvalue weighted by atomic mass is 9.74. The van der Waals surface area contributed by atoms with Gasteiger partial charge in [-0.2, -0.15) is 5.10 Å². The summed E-state index contributed by atoms with van der Waals surface area (Å²) in [6.45, 7) is 4.36. The van der Waals surface area contributed by atoms with E-state index in [1.165, 1.54) is 12.1 Å². The normalized spacial score (nSPS) is 17.3. The lowest BCUT2D eigenvalue weighted by Gasteiger charge is -2.36. The van der Waals surface area contributed by atoms with Crippen LogP contribution in [0.5, 0.6) is 5.75 Å². The van der Waals surface area contributed by atoms with Crippen LogP contribution >= 0.6 is 0 Å². The van der Waals surface area contributed by atoms with Gasteiger partial charge >= 0.3 is 0 Å². The number of amides is 1. The molecule has 30 heavy (non-hydrogen) atoms. The van der Waals surface area contributed by atoms with Crippen LogP contribution in [-0.2, 0) is 17.6 Å². The van der Waals surface area contributed by atoms with Gasteiger partial charge in [0.25, 0.3) is 0 Å². The molecule has 0 unspecified atom stereocenters. The third kappa shape index (κ3) is 4.22. The van der Waals surface area contributed by atoms with Crippen LogP contribution in [0.15, 0.2) is 54.7 Å². The average Bonchev–Trinajstić information content (AvgIpc) is 3.10. The highest BCUT2D eigenvalue weighted by molar-refractivity contribution is 5.79. The molecular formula is C24H26FN3O2. The molecule has 1 aromatic heterocycles. The number of carbonyl (C=O) groups is 1. The number of halogens is 1. The molecule has 1 atom stereocenters. The van der Waals surface area contributed by atoms with Gasteiger partial charge in [-0.3, -0.25) is 4.79 Å². The summed E-state index contributed by atoms with van der Waals surface area (Å²) in [6, 6.07) is 13.8. The van der Waals surface area contributed by atoms with Crippen LogP contribution < -0.4 is 10.1 Å². The van der Waals surface area contributed by atoms with Crippen LogP contribution in [0.1, 0.15) is 43.1 Å². The van der Waals surface area contributed by atoms with Gasteiger partial charge in [0, 0.05) is 5.56 Å². The maximum Gasteiger partial charge on any atom is 0.224 e. The molecule has 2 aromatic carbocycles. The van der Waals surface area contributed by atoms with Gasteiger partial charge in [0.1, 0.15) is 11.6 Å². The van der Waals surface area contributed by atoms with E-state index in [2.05, 4.69) is 24.3 Å². The fraction of sp³-hybridized carbons (Fsp3) is 0.333. The van der Waals surface area contributed by atoms with Crippen molar-refractivity contribution in [2.75, 3.05) is 7.11 Å². The molecule has 1 amide bonds. The Bertz CT molecular complexity index is 1070. The monoisotopic (exact) mass is 407 g/mol. The van der Waals surface area contributed by atoms with E-state index < -0.39 is 0 Å². The molecular weight excluding hydrogens is 381 g/mol. The summed E-state index contributed by atoms with van der Waals surface area (Å²) >= 11 is 0. The van der Waals surface area contributed by atoms with Gasteiger partial charge in [-0.15, -0.1) is 0 Å². The molecule has 0 fully saturated rings. The number of benzene rings is 2. The smallest absolute Gasteiger partial charge is 0.224 e. The van der Waals surface area contributed by atoms with E-state index in [0.29, 0.717) is 5.69 Å². The maximum absolute atomic E-state index is 13.7. The van der Waals surface area contributed by atoms with Gasteiger partial charge in [0.15, 0.2) is 0 Å². The number of carbonyl (C=O) groups excluding carboxylic acids is 1. The topological polar surface area (TPSA) is 56.1 Å². The minimum atomic E-state index is -0.296. The maximum atomic E-state index is 13.7. The van der Waals surface area contributed by atoms with Crippen LogP contribution in [0.4, 0.5) is 4.39 Å². The highest BCUT2D eigenvalue weighted by atomic mass is 19.1. The van der Waals surface area contributed by atoms with Crippen molar-refractivity contribution in [1.82, 2.24) is 15.1 Å². The van der Waals surface area contributed by atoms with Crippen molar-refractivity contribution in [2.45, 2.75) is 39.2 Å². The summed E-state index contributed by atoms with van der Waals surface area (Å²) in [5.74, 6) is 0.392. The van der Waals surface area contributed by atoms with E-state index in [1.54, 1.807) is 24.1 Å². The van der Waals surface area contributed by atoms with E-state index >= 15 is 0 Å². The van der Waals surface area contributed by atoms with Gasteiger partial charge in [0.2, 0.25) is 5.91 Å². The molecule has 0 bridgehead atoms. The Morgan fingerprint density at radius 3 is 2.83 bits per heavy atom. The molecule has 0 radical (unpaired) electrons. The van der Waals surface area contributed by atoms with Crippen molar-refractivity contribution in [2.24, 2.45) is 5.41 Å². The summed E-state index contributed by atoms with van der Waals surface area (Å²) in [4.78, 5) is 12.8. The zero-order valence-corrected chi connectivity index (χ0v) is 17.5. The number of nitrogens with zero attached hydrogens (tertiary/aromatic N) is 2.